The number of rotatable bonds is 3. The third kappa shape index (κ3) is 4.36. The number of ether oxygens (including phenoxy) is 1. The van der Waals surface area contributed by atoms with Gasteiger partial charge in [0.15, 0.2) is 0 Å². The Hall–Kier alpha value is -1.79. The van der Waals surface area contributed by atoms with E-state index < -0.39 is 0 Å². The zero-order valence-corrected chi connectivity index (χ0v) is 13.8. The minimum atomic E-state index is 0.0374. The van der Waals surface area contributed by atoms with Crippen molar-refractivity contribution in [1.29, 1.82) is 0 Å². The van der Waals surface area contributed by atoms with Crippen molar-refractivity contribution in [2.75, 3.05) is 64.4 Å². The van der Waals surface area contributed by atoms with Gasteiger partial charge >= 0.3 is 6.03 Å². The van der Waals surface area contributed by atoms with Crippen molar-refractivity contribution in [3.05, 3.63) is 29.8 Å². The Kier molecular flexibility index (Phi) is 5.35. The first kappa shape index (κ1) is 16.1. The molecule has 0 aliphatic carbocycles. The van der Waals surface area contributed by atoms with Gasteiger partial charge in [0.05, 0.1) is 13.2 Å². The molecule has 6 nitrogen and oxygen atoms in total. The molecule has 0 atom stereocenters. The summed E-state index contributed by atoms with van der Waals surface area (Å²) in [7, 11) is 2.09. The van der Waals surface area contributed by atoms with E-state index in [0.29, 0.717) is 6.54 Å². The number of likely N-dealkylation sites (N-methyl/N-ethyl adjacent to an activating group) is 1. The zero-order chi connectivity index (χ0) is 16.1. The van der Waals surface area contributed by atoms with Gasteiger partial charge in [-0.2, -0.15) is 0 Å². The number of carbonyl (C=O) groups is 1. The molecule has 3 rings (SSSR count). The van der Waals surface area contributed by atoms with Crippen LogP contribution in [0, 0.1) is 0 Å². The Bertz CT molecular complexity index is 506. The lowest BCUT2D eigenvalue weighted by Gasteiger charge is -2.32. The fraction of sp³-hybridized carbons (Fsp3) is 0.588. The molecule has 1 aromatic carbocycles. The van der Waals surface area contributed by atoms with Gasteiger partial charge in [0.1, 0.15) is 0 Å². The highest BCUT2D eigenvalue weighted by Gasteiger charge is 2.18. The average molecular weight is 318 g/mol. The van der Waals surface area contributed by atoms with Crippen molar-refractivity contribution in [2.24, 2.45) is 0 Å². The standard InChI is InChI=1S/C17H26N4O2/c1-19-6-8-21(9-7-19)17(22)18-14-15-2-4-16(5-3-15)20-10-12-23-13-11-20/h2-5H,6-14H2,1H3,(H,18,22). The third-order valence-electron chi connectivity index (χ3n) is 4.55. The second-order valence-corrected chi connectivity index (χ2v) is 6.21. The highest BCUT2D eigenvalue weighted by Crippen LogP contribution is 2.16. The summed E-state index contributed by atoms with van der Waals surface area (Å²) in [6, 6.07) is 8.48. The van der Waals surface area contributed by atoms with E-state index in [0.717, 1.165) is 58.0 Å². The first-order chi connectivity index (χ1) is 11.2. The number of benzene rings is 1. The summed E-state index contributed by atoms with van der Waals surface area (Å²) in [4.78, 5) is 18.6. The van der Waals surface area contributed by atoms with Crippen molar-refractivity contribution in [3.63, 3.8) is 0 Å². The van der Waals surface area contributed by atoms with Crippen LogP contribution in [0.1, 0.15) is 5.56 Å². The molecule has 0 spiro atoms. The molecule has 0 saturated carbocycles. The Morgan fingerprint density at radius 2 is 1.70 bits per heavy atom. The summed E-state index contributed by atoms with van der Waals surface area (Å²) in [6.07, 6.45) is 0. The van der Waals surface area contributed by atoms with Crippen LogP contribution in [-0.2, 0) is 11.3 Å². The summed E-state index contributed by atoms with van der Waals surface area (Å²) in [5.74, 6) is 0. The van der Waals surface area contributed by atoms with Gasteiger partial charge in [0.2, 0.25) is 0 Å². The van der Waals surface area contributed by atoms with Crippen LogP contribution in [0.5, 0.6) is 0 Å². The molecule has 6 heteroatoms. The smallest absolute Gasteiger partial charge is 0.317 e. The molecule has 0 bridgehead atoms. The molecule has 2 heterocycles. The number of anilines is 1. The van der Waals surface area contributed by atoms with Gasteiger partial charge < -0.3 is 24.8 Å². The molecule has 1 aromatic rings. The third-order valence-corrected chi connectivity index (χ3v) is 4.55. The highest BCUT2D eigenvalue weighted by molar-refractivity contribution is 5.74. The minimum absolute atomic E-state index is 0.0374. The van der Waals surface area contributed by atoms with Crippen LogP contribution in [0.3, 0.4) is 0 Å². The maximum absolute atomic E-state index is 12.2. The second-order valence-electron chi connectivity index (χ2n) is 6.21. The largest absolute Gasteiger partial charge is 0.378 e. The van der Waals surface area contributed by atoms with E-state index in [9.17, 15) is 4.79 Å². The number of carbonyl (C=O) groups excluding carboxylic acids is 1. The van der Waals surface area contributed by atoms with E-state index in [4.69, 9.17) is 4.74 Å². The van der Waals surface area contributed by atoms with E-state index in [1.54, 1.807) is 0 Å². The first-order valence-corrected chi connectivity index (χ1v) is 8.35. The number of morpholine rings is 1. The number of hydrogen-bond donors (Lipinski definition) is 1. The molecule has 2 aliphatic rings. The number of nitrogens with one attached hydrogen (secondary N) is 1. The molecular weight excluding hydrogens is 292 g/mol. The van der Waals surface area contributed by atoms with Crippen LogP contribution < -0.4 is 10.2 Å². The fourth-order valence-electron chi connectivity index (χ4n) is 2.95. The number of piperazine rings is 1. The molecule has 0 aromatic heterocycles. The molecule has 1 N–H and O–H groups in total. The van der Waals surface area contributed by atoms with Crippen LogP contribution >= 0.6 is 0 Å². The molecule has 2 saturated heterocycles. The summed E-state index contributed by atoms with van der Waals surface area (Å²) in [6.45, 7) is 7.55. The number of urea groups is 1. The molecule has 2 amide bonds. The van der Waals surface area contributed by atoms with Gasteiger partial charge in [-0.1, -0.05) is 12.1 Å². The van der Waals surface area contributed by atoms with Crippen LogP contribution in [0.4, 0.5) is 10.5 Å². The van der Waals surface area contributed by atoms with Gasteiger partial charge in [-0.25, -0.2) is 4.79 Å². The van der Waals surface area contributed by atoms with Crippen molar-refractivity contribution < 1.29 is 9.53 Å². The Balaban J connectivity index is 1.47. The molecule has 0 radical (unpaired) electrons. The minimum Gasteiger partial charge on any atom is -0.378 e. The SMILES string of the molecule is CN1CCN(C(=O)NCc2ccc(N3CCOCC3)cc2)CC1. The van der Waals surface area contributed by atoms with E-state index in [1.165, 1.54) is 5.69 Å². The van der Waals surface area contributed by atoms with Crippen LogP contribution in [0.15, 0.2) is 24.3 Å². The van der Waals surface area contributed by atoms with Gasteiger partial charge in [-0.3, -0.25) is 0 Å². The van der Waals surface area contributed by atoms with E-state index >= 15 is 0 Å². The normalized spacial score (nSPS) is 19.7. The number of amides is 2. The van der Waals surface area contributed by atoms with Gasteiger partial charge in [-0.05, 0) is 24.7 Å². The number of nitrogens with zero attached hydrogens (tertiary/aromatic N) is 3. The molecule has 2 fully saturated rings. The van der Waals surface area contributed by atoms with Gasteiger partial charge in [0.25, 0.3) is 0 Å². The Morgan fingerprint density at radius 1 is 1.04 bits per heavy atom. The Labute approximate surface area is 138 Å². The fourth-order valence-corrected chi connectivity index (χ4v) is 2.95. The van der Waals surface area contributed by atoms with Gasteiger partial charge in [0, 0.05) is 51.5 Å². The van der Waals surface area contributed by atoms with Crippen molar-refractivity contribution >= 4 is 11.7 Å². The van der Waals surface area contributed by atoms with E-state index in [-0.39, 0.29) is 6.03 Å². The Morgan fingerprint density at radius 3 is 2.35 bits per heavy atom. The van der Waals surface area contributed by atoms with Gasteiger partial charge in [-0.15, -0.1) is 0 Å². The van der Waals surface area contributed by atoms with E-state index in [1.807, 2.05) is 4.90 Å². The lowest BCUT2D eigenvalue weighted by molar-refractivity contribution is 0.122. The maximum Gasteiger partial charge on any atom is 0.317 e. The van der Waals surface area contributed by atoms with E-state index in [2.05, 4.69) is 46.4 Å². The summed E-state index contributed by atoms with van der Waals surface area (Å²) < 4.78 is 5.38. The second kappa shape index (κ2) is 7.66. The van der Waals surface area contributed by atoms with Crippen LogP contribution in [-0.4, -0.2) is 75.4 Å². The number of hydrogen-bond acceptors (Lipinski definition) is 4. The lowest BCUT2D eigenvalue weighted by Crippen LogP contribution is -2.50. The van der Waals surface area contributed by atoms with Crippen LogP contribution in [0.2, 0.25) is 0 Å². The molecule has 2 aliphatic heterocycles. The molecule has 0 unspecified atom stereocenters. The average Bonchev–Trinajstić information content (AvgIpc) is 2.61. The predicted octanol–water partition coefficient (Wildman–Crippen LogP) is 0.980. The molecular formula is C17H26N4O2. The van der Waals surface area contributed by atoms with Crippen LogP contribution in [0.25, 0.3) is 0 Å². The predicted molar refractivity (Wildman–Crippen MR) is 90.8 cm³/mol. The summed E-state index contributed by atoms with van der Waals surface area (Å²) >= 11 is 0. The monoisotopic (exact) mass is 318 g/mol. The van der Waals surface area contributed by atoms with Crippen molar-refractivity contribution in [1.82, 2.24) is 15.1 Å². The highest BCUT2D eigenvalue weighted by atomic mass is 16.5. The summed E-state index contributed by atoms with van der Waals surface area (Å²) in [5.41, 5.74) is 2.35. The molecule has 23 heavy (non-hydrogen) atoms. The summed E-state index contributed by atoms with van der Waals surface area (Å²) in [5, 5.41) is 3.02. The topological polar surface area (TPSA) is 48.0 Å². The molecule has 126 valence electrons. The first-order valence-electron chi connectivity index (χ1n) is 8.35. The lowest BCUT2D eigenvalue weighted by atomic mass is 10.2. The quantitative estimate of drug-likeness (QED) is 0.903. The maximum atomic E-state index is 12.2. The van der Waals surface area contributed by atoms with Crippen molar-refractivity contribution in [3.8, 4) is 0 Å². The zero-order valence-electron chi connectivity index (χ0n) is 13.8. The van der Waals surface area contributed by atoms with Crippen molar-refractivity contribution in [2.45, 2.75) is 6.54 Å².